The molecule has 0 aliphatic carbocycles. The van der Waals surface area contributed by atoms with Crippen molar-refractivity contribution in [1.29, 1.82) is 5.26 Å². The van der Waals surface area contributed by atoms with Crippen LogP contribution in [-0.4, -0.2) is 4.98 Å². The molecule has 3 heteroatoms. The zero-order valence-electron chi connectivity index (χ0n) is 16.3. The topological polar surface area (TPSA) is 56.6 Å². The zero-order valence-corrected chi connectivity index (χ0v) is 16.3. The fourth-order valence-electron chi connectivity index (χ4n) is 3.12. The maximum Gasteiger partial charge on any atom is 0.266 e. The summed E-state index contributed by atoms with van der Waals surface area (Å²) < 4.78 is 0. The SMILES string of the molecule is CCc1ccc(-c2cc(-c3ccc(C(C)(C)C)cc3)c(C#N)c(=O)[nH]2)cc1. The molecule has 0 saturated heterocycles. The molecule has 2 aromatic carbocycles. The second kappa shape index (κ2) is 7.25. The first-order chi connectivity index (χ1) is 12.8. The Balaban J connectivity index is 2.12. The lowest BCUT2D eigenvalue weighted by Gasteiger charge is -2.19. The second-order valence-electron chi connectivity index (χ2n) is 7.79. The highest BCUT2D eigenvalue weighted by Crippen LogP contribution is 2.29. The van der Waals surface area contributed by atoms with Gasteiger partial charge in [0.15, 0.2) is 0 Å². The predicted octanol–water partition coefficient (Wildman–Crippen LogP) is 5.44. The second-order valence-corrected chi connectivity index (χ2v) is 7.79. The highest BCUT2D eigenvalue weighted by molar-refractivity contribution is 5.75. The summed E-state index contributed by atoms with van der Waals surface area (Å²) in [5.74, 6) is 0. The third-order valence-electron chi connectivity index (χ3n) is 4.88. The number of rotatable bonds is 3. The molecule has 3 aromatic rings. The number of aryl methyl sites for hydroxylation is 1. The number of benzene rings is 2. The van der Waals surface area contributed by atoms with Crippen molar-refractivity contribution < 1.29 is 0 Å². The molecule has 27 heavy (non-hydrogen) atoms. The average Bonchev–Trinajstić information content (AvgIpc) is 2.67. The Hall–Kier alpha value is -3.12. The van der Waals surface area contributed by atoms with Crippen LogP contribution in [0.4, 0.5) is 0 Å². The Bertz CT molecular complexity index is 1040. The molecule has 0 aliphatic heterocycles. The molecule has 3 rings (SSSR count). The molecule has 0 fully saturated rings. The van der Waals surface area contributed by atoms with Gasteiger partial charge >= 0.3 is 0 Å². The Morgan fingerprint density at radius 2 is 1.56 bits per heavy atom. The van der Waals surface area contributed by atoms with Crippen LogP contribution in [0, 0.1) is 11.3 Å². The quantitative estimate of drug-likeness (QED) is 0.679. The van der Waals surface area contributed by atoms with Crippen molar-refractivity contribution in [2.24, 2.45) is 0 Å². The zero-order chi connectivity index (χ0) is 19.6. The first kappa shape index (κ1) is 18.7. The van der Waals surface area contributed by atoms with Crippen LogP contribution in [0.25, 0.3) is 22.4 Å². The third kappa shape index (κ3) is 3.85. The minimum atomic E-state index is -0.357. The summed E-state index contributed by atoms with van der Waals surface area (Å²) in [4.78, 5) is 15.4. The lowest BCUT2D eigenvalue weighted by atomic mass is 9.86. The summed E-state index contributed by atoms with van der Waals surface area (Å²) in [5, 5.41) is 9.50. The minimum absolute atomic E-state index is 0.0525. The number of aromatic nitrogens is 1. The number of hydrogen-bond acceptors (Lipinski definition) is 2. The number of H-pyrrole nitrogens is 1. The van der Waals surface area contributed by atoms with E-state index in [9.17, 15) is 10.1 Å². The van der Waals surface area contributed by atoms with Crippen LogP contribution in [0.1, 0.15) is 44.4 Å². The van der Waals surface area contributed by atoms with Gasteiger partial charge in [0.2, 0.25) is 0 Å². The number of hydrogen-bond donors (Lipinski definition) is 1. The van der Waals surface area contributed by atoms with Crippen LogP contribution in [0.3, 0.4) is 0 Å². The fraction of sp³-hybridized carbons (Fsp3) is 0.250. The van der Waals surface area contributed by atoms with E-state index >= 15 is 0 Å². The lowest BCUT2D eigenvalue weighted by Crippen LogP contribution is -2.13. The molecule has 1 heterocycles. The Kier molecular flexibility index (Phi) is 5.01. The van der Waals surface area contributed by atoms with E-state index in [1.807, 2.05) is 30.3 Å². The molecule has 0 spiro atoms. The molecule has 3 nitrogen and oxygen atoms in total. The molecular weight excluding hydrogens is 332 g/mol. The maximum absolute atomic E-state index is 12.5. The molecule has 0 amide bonds. The van der Waals surface area contributed by atoms with Gasteiger partial charge in [-0.3, -0.25) is 4.79 Å². The third-order valence-corrected chi connectivity index (χ3v) is 4.88. The summed E-state index contributed by atoms with van der Waals surface area (Å²) in [6.07, 6.45) is 0.968. The van der Waals surface area contributed by atoms with Crippen molar-refractivity contribution in [2.75, 3.05) is 0 Å². The van der Waals surface area contributed by atoms with Gasteiger partial charge in [-0.15, -0.1) is 0 Å². The van der Waals surface area contributed by atoms with Crippen LogP contribution < -0.4 is 5.56 Å². The van der Waals surface area contributed by atoms with Crippen LogP contribution in [0.15, 0.2) is 59.4 Å². The molecule has 1 aromatic heterocycles. The van der Waals surface area contributed by atoms with Gasteiger partial charge in [-0.2, -0.15) is 5.26 Å². The van der Waals surface area contributed by atoms with Gasteiger partial charge in [-0.25, -0.2) is 0 Å². The summed E-state index contributed by atoms with van der Waals surface area (Å²) >= 11 is 0. The number of pyridine rings is 1. The molecule has 1 N–H and O–H groups in total. The highest BCUT2D eigenvalue weighted by Gasteiger charge is 2.16. The van der Waals surface area contributed by atoms with Gasteiger partial charge in [-0.05, 0) is 40.2 Å². The molecule has 0 aliphatic rings. The molecular formula is C24H24N2O. The molecule has 0 radical (unpaired) electrons. The highest BCUT2D eigenvalue weighted by atomic mass is 16.1. The predicted molar refractivity (Wildman–Crippen MR) is 111 cm³/mol. The number of nitriles is 1. The first-order valence-corrected chi connectivity index (χ1v) is 9.21. The van der Waals surface area contributed by atoms with E-state index < -0.39 is 0 Å². The van der Waals surface area contributed by atoms with Gasteiger partial charge in [-0.1, -0.05) is 76.2 Å². The van der Waals surface area contributed by atoms with Crippen molar-refractivity contribution in [3.8, 4) is 28.5 Å². The van der Waals surface area contributed by atoms with Gasteiger partial charge in [0, 0.05) is 11.3 Å². The van der Waals surface area contributed by atoms with E-state index in [0.717, 1.165) is 23.2 Å². The Morgan fingerprint density at radius 3 is 2.07 bits per heavy atom. The van der Waals surface area contributed by atoms with Crippen molar-refractivity contribution in [1.82, 2.24) is 4.98 Å². The largest absolute Gasteiger partial charge is 0.321 e. The smallest absolute Gasteiger partial charge is 0.266 e. The van der Waals surface area contributed by atoms with E-state index in [0.29, 0.717) is 5.56 Å². The van der Waals surface area contributed by atoms with Crippen LogP contribution in [0.2, 0.25) is 0 Å². The lowest BCUT2D eigenvalue weighted by molar-refractivity contribution is 0.590. The van der Waals surface area contributed by atoms with Gasteiger partial charge in [0.25, 0.3) is 5.56 Å². The molecule has 0 bridgehead atoms. The van der Waals surface area contributed by atoms with E-state index in [1.165, 1.54) is 11.1 Å². The number of nitrogens with one attached hydrogen (secondary N) is 1. The maximum atomic E-state index is 12.5. The van der Waals surface area contributed by atoms with Crippen molar-refractivity contribution in [2.45, 2.75) is 39.5 Å². The van der Waals surface area contributed by atoms with Crippen LogP contribution >= 0.6 is 0 Å². The molecule has 136 valence electrons. The van der Waals surface area contributed by atoms with E-state index in [2.05, 4.69) is 63.0 Å². The molecule has 0 unspecified atom stereocenters. The normalized spacial score (nSPS) is 11.2. The van der Waals surface area contributed by atoms with Gasteiger partial charge < -0.3 is 4.98 Å². The van der Waals surface area contributed by atoms with E-state index in [4.69, 9.17) is 0 Å². The summed E-state index contributed by atoms with van der Waals surface area (Å²) in [7, 11) is 0. The summed E-state index contributed by atoms with van der Waals surface area (Å²) in [6, 6.07) is 20.2. The monoisotopic (exact) mass is 356 g/mol. The Labute approximate surface area is 160 Å². The van der Waals surface area contributed by atoms with Crippen LogP contribution in [-0.2, 0) is 11.8 Å². The van der Waals surface area contributed by atoms with Gasteiger partial charge in [0.05, 0.1) is 0 Å². The average molecular weight is 356 g/mol. The standard InChI is InChI=1S/C24H24N2O/c1-5-16-6-8-18(9-7-16)22-14-20(21(15-25)23(27)26-22)17-10-12-19(13-11-17)24(2,3)4/h6-14H,5H2,1-4H3,(H,26,27). The Morgan fingerprint density at radius 1 is 0.963 bits per heavy atom. The summed E-state index contributed by atoms with van der Waals surface area (Å²) in [5.41, 5.74) is 5.48. The van der Waals surface area contributed by atoms with Crippen molar-refractivity contribution >= 4 is 0 Å². The summed E-state index contributed by atoms with van der Waals surface area (Å²) in [6.45, 7) is 8.59. The van der Waals surface area contributed by atoms with Crippen molar-refractivity contribution in [3.63, 3.8) is 0 Å². The number of nitrogens with zero attached hydrogens (tertiary/aromatic N) is 1. The molecule has 0 atom stereocenters. The molecule has 0 saturated carbocycles. The van der Waals surface area contributed by atoms with Crippen molar-refractivity contribution in [3.05, 3.63) is 81.6 Å². The van der Waals surface area contributed by atoms with E-state index in [1.54, 1.807) is 0 Å². The fourth-order valence-corrected chi connectivity index (χ4v) is 3.12. The van der Waals surface area contributed by atoms with Gasteiger partial charge in [0.1, 0.15) is 11.6 Å². The van der Waals surface area contributed by atoms with Crippen LogP contribution in [0.5, 0.6) is 0 Å². The number of aromatic amines is 1. The van der Waals surface area contributed by atoms with E-state index in [-0.39, 0.29) is 16.5 Å². The first-order valence-electron chi connectivity index (χ1n) is 9.21. The minimum Gasteiger partial charge on any atom is -0.321 e.